The zero-order valence-electron chi connectivity index (χ0n) is 37.2. The zero-order chi connectivity index (χ0) is 47.9. The molecule has 0 spiro atoms. The topological polar surface area (TPSA) is 253 Å². The summed E-state index contributed by atoms with van der Waals surface area (Å²) in [6, 6.07) is 16.6. The molecular formula is C44H53N5O15. The van der Waals surface area contributed by atoms with E-state index in [0.29, 0.717) is 51.3 Å². The number of carbonyl (C=O) groups is 5. The molecule has 5 aromatic heterocycles. The highest BCUT2D eigenvalue weighted by molar-refractivity contribution is 5.90. The highest BCUT2D eigenvalue weighted by Gasteiger charge is 2.13. The lowest BCUT2D eigenvalue weighted by molar-refractivity contribution is -0.108. The van der Waals surface area contributed by atoms with Crippen LogP contribution in [0.4, 0.5) is 0 Å². The van der Waals surface area contributed by atoms with Gasteiger partial charge in [-0.1, -0.05) is 6.07 Å². The van der Waals surface area contributed by atoms with Gasteiger partial charge in [-0.05, 0) is 67.1 Å². The standard InChI is InChI=1S/C10H13NO4.C9H13NO3.C9H11NO3.C8H7NO3.C8H9NO2/c1-13-9(12)7-4-5-8(11-6-7)10(14-2)15-3;2*1-12-9(13-2)8-4-3-7(6-11)5-10-8;1-12-8(11)6-2-3-7(5-10)9-4-6;1-6-3-4-7(5-9-6)8(10)11-2/h4-6,10H,1-3H3;3-5,9,11H,6H2,1-2H3;3-6,9H,1-2H3;2-5H,1H3;3-5H,1-2H3. The van der Waals surface area contributed by atoms with Crippen LogP contribution in [0.3, 0.4) is 0 Å². The number of aliphatic hydroxyl groups excluding tert-OH is 1. The van der Waals surface area contributed by atoms with Gasteiger partial charge in [0.1, 0.15) is 5.69 Å². The predicted octanol–water partition coefficient (Wildman–Crippen LogP) is 5.07. The number of methoxy groups -OCH3 is 9. The first-order valence-electron chi connectivity index (χ1n) is 18.6. The van der Waals surface area contributed by atoms with Crippen molar-refractivity contribution in [2.75, 3.05) is 64.0 Å². The molecule has 0 saturated heterocycles. The molecule has 0 amide bonds. The number of hydrogen-bond acceptors (Lipinski definition) is 20. The summed E-state index contributed by atoms with van der Waals surface area (Å²) in [5.74, 6) is -1.22. The fraction of sp³-hybridized carbons (Fsp3) is 0.318. The molecule has 5 rings (SSSR count). The summed E-state index contributed by atoms with van der Waals surface area (Å²) in [6.07, 6.45) is 7.23. The number of carbonyl (C=O) groups excluding carboxylic acids is 5. The van der Waals surface area contributed by atoms with E-state index in [1.807, 2.05) is 6.92 Å². The van der Waals surface area contributed by atoms with Gasteiger partial charge in [-0.2, -0.15) is 0 Å². The highest BCUT2D eigenvalue weighted by Crippen LogP contribution is 2.16. The Morgan fingerprint density at radius 3 is 1.16 bits per heavy atom. The minimum atomic E-state index is -0.517. The number of esters is 3. The lowest BCUT2D eigenvalue weighted by Gasteiger charge is -2.12. The van der Waals surface area contributed by atoms with Gasteiger partial charge < -0.3 is 47.7 Å². The molecule has 20 heteroatoms. The number of aldehydes is 2. The molecule has 0 aliphatic rings. The molecule has 0 unspecified atom stereocenters. The SMILES string of the molecule is COC(=O)c1ccc(C(OC)OC)nc1.COC(=O)c1ccc(C)nc1.COC(=O)c1ccc(C=O)nc1.COC(OC)c1ccc(C=O)cn1.COC(OC)c1ccc(CO)cn1. The summed E-state index contributed by atoms with van der Waals surface area (Å²) in [6.45, 7) is 1.86. The Morgan fingerprint density at radius 2 is 0.875 bits per heavy atom. The van der Waals surface area contributed by atoms with Gasteiger partial charge in [0.2, 0.25) is 18.9 Å². The molecular weight excluding hydrogens is 839 g/mol. The molecule has 0 atom stereocenters. The third-order valence-electron chi connectivity index (χ3n) is 7.85. The fourth-order valence-electron chi connectivity index (χ4n) is 4.51. The molecule has 0 aliphatic carbocycles. The second-order valence-corrected chi connectivity index (χ2v) is 12.0. The molecule has 0 radical (unpaired) electrons. The van der Waals surface area contributed by atoms with Crippen LogP contribution in [0.25, 0.3) is 0 Å². The summed E-state index contributed by atoms with van der Waals surface area (Å²) in [4.78, 5) is 73.1. The largest absolute Gasteiger partial charge is 0.465 e. The number of aryl methyl sites for hydroxylation is 1. The van der Waals surface area contributed by atoms with E-state index in [1.165, 1.54) is 86.7 Å². The summed E-state index contributed by atoms with van der Waals surface area (Å²) in [5, 5.41) is 8.78. The van der Waals surface area contributed by atoms with E-state index in [0.717, 1.165) is 17.5 Å². The molecule has 0 aromatic carbocycles. The Labute approximate surface area is 370 Å². The Morgan fingerprint density at radius 1 is 0.484 bits per heavy atom. The van der Waals surface area contributed by atoms with Gasteiger partial charge in [0.25, 0.3) is 0 Å². The first kappa shape index (κ1) is 55.2. The van der Waals surface area contributed by atoms with Crippen molar-refractivity contribution in [3.05, 3.63) is 148 Å². The first-order valence-corrected chi connectivity index (χ1v) is 18.6. The zero-order valence-corrected chi connectivity index (χ0v) is 37.2. The van der Waals surface area contributed by atoms with Crippen molar-refractivity contribution in [1.82, 2.24) is 24.9 Å². The quantitative estimate of drug-likeness (QED) is 0.0623. The molecule has 0 fully saturated rings. The Balaban J connectivity index is 0.000000401. The average Bonchev–Trinajstić information content (AvgIpc) is 3.36. The second kappa shape index (κ2) is 32.0. The van der Waals surface area contributed by atoms with Crippen molar-refractivity contribution in [2.24, 2.45) is 0 Å². The van der Waals surface area contributed by atoms with E-state index in [1.54, 1.807) is 68.9 Å². The van der Waals surface area contributed by atoms with E-state index in [9.17, 15) is 24.0 Å². The number of ether oxygens (including phenoxy) is 9. The highest BCUT2D eigenvalue weighted by atomic mass is 16.7. The van der Waals surface area contributed by atoms with Crippen molar-refractivity contribution < 1.29 is 71.7 Å². The molecule has 344 valence electrons. The molecule has 0 saturated carbocycles. The van der Waals surface area contributed by atoms with Gasteiger partial charge in [-0.25, -0.2) is 14.4 Å². The normalized spacial score (nSPS) is 10.0. The number of aromatic nitrogens is 5. The smallest absolute Gasteiger partial charge is 0.339 e. The van der Waals surface area contributed by atoms with E-state index < -0.39 is 30.8 Å². The minimum Gasteiger partial charge on any atom is -0.465 e. The van der Waals surface area contributed by atoms with Crippen molar-refractivity contribution in [1.29, 1.82) is 0 Å². The third-order valence-corrected chi connectivity index (χ3v) is 7.85. The predicted molar refractivity (Wildman–Crippen MR) is 227 cm³/mol. The number of rotatable bonds is 15. The maximum atomic E-state index is 11.1. The Hall–Kier alpha value is -6.78. The van der Waals surface area contributed by atoms with E-state index >= 15 is 0 Å². The first-order chi connectivity index (χ1) is 30.9. The second-order valence-electron chi connectivity index (χ2n) is 12.0. The summed E-state index contributed by atoms with van der Waals surface area (Å²) in [7, 11) is 13.2. The van der Waals surface area contributed by atoms with Crippen LogP contribution in [0.5, 0.6) is 0 Å². The number of hydrogen-bond donors (Lipinski definition) is 1. The van der Waals surface area contributed by atoms with Crippen LogP contribution in [0, 0.1) is 6.92 Å². The van der Waals surface area contributed by atoms with Crippen LogP contribution in [0.15, 0.2) is 91.6 Å². The van der Waals surface area contributed by atoms with Crippen molar-refractivity contribution >= 4 is 30.5 Å². The molecule has 64 heavy (non-hydrogen) atoms. The molecule has 5 heterocycles. The Kier molecular flexibility index (Phi) is 27.6. The average molecular weight is 892 g/mol. The fourth-order valence-corrected chi connectivity index (χ4v) is 4.51. The summed E-state index contributed by atoms with van der Waals surface area (Å²) < 4.78 is 43.5. The van der Waals surface area contributed by atoms with Crippen LogP contribution < -0.4 is 0 Å². The van der Waals surface area contributed by atoms with Crippen molar-refractivity contribution in [3.63, 3.8) is 0 Å². The van der Waals surface area contributed by atoms with Gasteiger partial charge in [0.05, 0.1) is 61.7 Å². The molecule has 1 N–H and O–H groups in total. The minimum absolute atomic E-state index is 0.00207. The van der Waals surface area contributed by atoms with Crippen LogP contribution in [-0.2, 0) is 49.2 Å². The van der Waals surface area contributed by atoms with E-state index in [-0.39, 0.29) is 12.6 Å². The molecule has 0 aliphatic heterocycles. The van der Waals surface area contributed by atoms with Crippen LogP contribution in [-0.4, -0.2) is 124 Å². The van der Waals surface area contributed by atoms with Gasteiger partial charge >= 0.3 is 17.9 Å². The number of nitrogens with zero attached hydrogens (tertiary/aromatic N) is 5. The summed E-state index contributed by atoms with van der Waals surface area (Å²) >= 11 is 0. The van der Waals surface area contributed by atoms with Crippen molar-refractivity contribution in [2.45, 2.75) is 32.4 Å². The molecule has 20 nitrogen and oxygen atoms in total. The lowest BCUT2D eigenvalue weighted by Crippen LogP contribution is -2.08. The van der Waals surface area contributed by atoms with Crippen LogP contribution >= 0.6 is 0 Å². The van der Waals surface area contributed by atoms with Crippen LogP contribution in [0.1, 0.15) is 99.1 Å². The van der Waals surface area contributed by atoms with Crippen LogP contribution in [0.2, 0.25) is 0 Å². The maximum absolute atomic E-state index is 11.1. The monoisotopic (exact) mass is 891 g/mol. The Bertz CT molecular complexity index is 2080. The van der Waals surface area contributed by atoms with Crippen molar-refractivity contribution in [3.8, 4) is 0 Å². The third kappa shape index (κ3) is 19.5. The molecule has 0 bridgehead atoms. The maximum Gasteiger partial charge on any atom is 0.339 e. The van der Waals surface area contributed by atoms with E-state index in [4.69, 9.17) is 33.5 Å². The molecule has 5 aromatic rings. The number of pyridine rings is 5. The van der Waals surface area contributed by atoms with Gasteiger partial charge in [0.15, 0.2) is 12.6 Å². The van der Waals surface area contributed by atoms with Gasteiger partial charge in [0, 0.05) is 84.9 Å². The lowest BCUT2D eigenvalue weighted by atomic mass is 10.2. The van der Waals surface area contributed by atoms with Gasteiger partial charge in [-0.15, -0.1) is 0 Å². The summed E-state index contributed by atoms with van der Waals surface area (Å²) in [5.41, 5.74) is 5.66. The number of aliphatic hydroxyl groups is 1. The van der Waals surface area contributed by atoms with E-state index in [2.05, 4.69) is 39.1 Å². The van der Waals surface area contributed by atoms with Gasteiger partial charge in [-0.3, -0.25) is 34.5 Å².